The van der Waals surface area contributed by atoms with Gasteiger partial charge in [-0.2, -0.15) is 0 Å². The molecule has 0 radical (unpaired) electrons. The smallest absolute Gasteiger partial charge is 0.130 e. The lowest BCUT2D eigenvalue weighted by atomic mass is 9.95. The third kappa shape index (κ3) is 4.95. The Morgan fingerprint density at radius 3 is 2.72 bits per heavy atom. The summed E-state index contributed by atoms with van der Waals surface area (Å²) >= 11 is 0. The summed E-state index contributed by atoms with van der Waals surface area (Å²) in [6.07, 6.45) is 8.52. The number of aromatic nitrogens is 1. The molecule has 0 atom stereocenters. The quantitative estimate of drug-likeness (QED) is 0.783. The Morgan fingerprint density at radius 1 is 1.08 bits per heavy atom. The number of hydrogen-bond acceptors (Lipinski definition) is 4. The van der Waals surface area contributed by atoms with Crippen LogP contribution in [0.1, 0.15) is 48.8 Å². The van der Waals surface area contributed by atoms with Crippen LogP contribution in [0.2, 0.25) is 0 Å². The van der Waals surface area contributed by atoms with E-state index in [1.807, 2.05) is 12.3 Å². The third-order valence-corrected chi connectivity index (χ3v) is 4.97. The largest absolute Gasteiger partial charge is 0.496 e. The van der Waals surface area contributed by atoms with Crippen molar-refractivity contribution in [3.63, 3.8) is 0 Å². The Bertz CT molecular complexity index is 681. The Kier molecular flexibility index (Phi) is 6.29. The average Bonchev–Trinajstić information content (AvgIpc) is 2.66. The van der Waals surface area contributed by atoms with Crippen LogP contribution < -0.4 is 15.4 Å². The minimum absolute atomic E-state index is 0.652. The minimum atomic E-state index is 0.652. The zero-order valence-electron chi connectivity index (χ0n) is 15.3. The first-order valence-corrected chi connectivity index (χ1v) is 9.31. The summed E-state index contributed by atoms with van der Waals surface area (Å²) in [5.74, 6) is 1.87. The molecule has 1 heterocycles. The summed E-state index contributed by atoms with van der Waals surface area (Å²) in [4.78, 5) is 4.54. The summed E-state index contributed by atoms with van der Waals surface area (Å²) in [6, 6.07) is 11.1. The fourth-order valence-electron chi connectivity index (χ4n) is 3.48. The molecule has 4 heteroatoms. The van der Waals surface area contributed by atoms with Gasteiger partial charge < -0.3 is 15.4 Å². The van der Waals surface area contributed by atoms with Crippen LogP contribution in [0.15, 0.2) is 36.5 Å². The molecule has 1 aliphatic rings. The van der Waals surface area contributed by atoms with Crippen molar-refractivity contribution in [3.8, 4) is 5.75 Å². The molecule has 1 saturated carbocycles. The third-order valence-electron chi connectivity index (χ3n) is 4.97. The van der Waals surface area contributed by atoms with E-state index in [0.29, 0.717) is 12.6 Å². The van der Waals surface area contributed by atoms with E-state index in [4.69, 9.17) is 4.74 Å². The first-order valence-electron chi connectivity index (χ1n) is 9.31. The van der Waals surface area contributed by atoms with Crippen molar-refractivity contribution < 1.29 is 4.74 Å². The lowest BCUT2D eigenvalue weighted by molar-refractivity contribution is 0.372. The van der Waals surface area contributed by atoms with Gasteiger partial charge in [0.25, 0.3) is 0 Å². The van der Waals surface area contributed by atoms with E-state index in [9.17, 15) is 0 Å². The Balaban J connectivity index is 1.62. The van der Waals surface area contributed by atoms with Crippen molar-refractivity contribution in [2.45, 2.75) is 58.2 Å². The number of rotatable bonds is 7. The fraction of sp³-hybridized carbons (Fsp3) is 0.476. The van der Waals surface area contributed by atoms with E-state index in [1.165, 1.54) is 43.2 Å². The number of ether oxygens (including phenoxy) is 1. The maximum absolute atomic E-state index is 5.50. The molecule has 1 aromatic carbocycles. The molecule has 1 fully saturated rings. The Labute approximate surface area is 151 Å². The summed E-state index contributed by atoms with van der Waals surface area (Å²) in [7, 11) is 1.72. The minimum Gasteiger partial charge on any atom is -0.496 e. The number of nitrogens with one attached hydrogen (secondary N) is 2. The zero-order valence-corrected chi connectivity index (χ0v) is 15.3. The van der Waals surface area contributed by atoms with Crippen LogP contribution in [0, 0.1) is 6.92 Å². The van der Waals surface area contributed by atoms with Gasteiger partial charge in [0.2, 0.25) is 0 Å². The van der Waals surface area contributed by atoms with Crippen LogP contribution >= 0.6 is 0 Å². The van der Waals surface area contributed by atoms with Gasteiger partial charge in [-0.25, -0.2) is 4.98 Å². The summed E-state index contributed by atoms with van der Waals surface area (Å²) in [5, 5.41) is 7.18. The van der Waals surface area contributed by atoms with Gasteiger partial charge in [0, 0.05) is 36.5 Å². The number of anilines is 1. The zero-order chi connectivity index (χ0) is 17.5. The molecule has 2 aromatic rings. The lowest BCUT2D eigenvalue weighted by Gasteiger charge is -2.23. The second-order valence-electron chi connectivity index (χ2n) is 6.90. The fourth-order valence-corrected chi connectivity index (χ4v) is 3.48. The number of pyridine rings is 1. The van der Waals surface area contributed by atoms with Crippen molar-refractivity contribution >= 4 is 5.82 Å². The van der Waals surface area contributed by atoms with Crippen LogP contribution in [0.4, 0.5) is 5.82 Å². The first-order chi connectivity index (χ1) is 12.3. The summed E-state index contributed by atoms with van der Waals surface area (Å²) in [5.41, 5.74) is 3.57. The normalized spacial score (nSPS) is 15.1. The Hall–Kier alpha value is -2.07. The van der Waals surface area contributed by atoms with E-state index in [0.717, 1.165) is 23.7 Å². The standard InChI is InChI=1S/C21H29N3O/c1-16-10-11-17(20(13-16)25-2)14-24-21-18(7-6-12-22-21)15-23-19-8-4-3-5-9-19/h6-7,10-13,19,23H,3-5,8-9,14-15H2,1-2H3,(H,22,24). The SMILES string of the molecule is COc1cc(C)ccc1CNc1ncccc1CNC1CCCCC1. The van der Waals surface area contributed by atoms with Crippen molar-refractivity contribution in [3.05, 3.63) is 53.2 Å². The van der Waals surface area contributed by atoms with Crippen LogP contribution in [0.25, 0.3) is 0 Å². The molecule has 134 valence electrons. The molecular weight excluding hydrogens is 310 g/mol. The van der Waals surface area contributed by atoms with E-state index in [2.05, 4.69) is 46.8 Å². The molecule has 0 aliphatic heterocycles. The van der Waals surface area contributed by atoms with Gasteiger partial charge in [0.15, 0.2) is 0 Å². The number of benzene rings is 1. The summed E-state index contributed by atoms with van der Waals surface area (Å²) < 4.78 is 5.50. The molecule has 2 N–H and O–H groups in total. The molecule has 3 rings (SSSR count). The highest BCUT2D eigenvalue weighted by molar-refractivity contribution is 5.46. The number of hydrogen-bond donors (Lipinski definition) is 2. The topological polar surface area (TPSA) is 46.2 Å². The van der Waals surface area contributed by atoms with E-state index in [1.54, 1.807) is 7.11 Å². The first kappa shape index (κ1) is 17.7. The van der Waals surface area contributed by atoms with Gasteiger partial charge in [-0.3, -0.25) is 0 Å². The molecule has 4 nitrogen and oxygen atoms in total. The van der Waals surface area contributed by atoms with Crippen molar-refractivity contribution in [1.29, 1.82) is 0 Å². The van der Waals surface area contributed by atoms with Gasteiger partial charge in [0.1, 0.15) is 11.6 Å². The second-order valence-corrected chi connectivity index (χ2v) is 6.90. The van der Waals surface area contributed by atoms with Crippen molar-refractivity contribution in [2.75, 3.05) is 12.4 Å². The molecule has 0 spiro atoms. The van der Waals surface area contributed by atoms with Crippen molar-refractivity contribution in [2.24, 2.45) is 0 Å². The van der Waals surface area contributed by atoms with Gasteiger partial charge in [-0.1, -0.05) is 37.5 Å². The highest BCUT2D eigenvalue weighted by Crippen LogP contribution is 2.22. The van der Waals surface area contributed by atoms with E-state index >= 15 is 0 Å². The molecule has 0 saturated heterocycles. The highest BCUT2D eigenvalue weighted by atomic mass is 16.5. The van der Waals surface area contributed by atoms with Crippen LogP contribution in [0.5, 0.6) is 5.75 Å². The van der Waals surface area contributed by atoms with Crippen LogP contribution in [-0.2, 0) is 13.1 Å². The van der Waals surface area contributed by atoms with Gasteiger partial charge >= 0.3 is 0 Å². The number of aryl methyl sites for hydroxylation is 1. The van der Waals surface area contributed by atoms with Crippen LogP contribution in [-0.4, -0.2) is 18.1 Å². The predicted molar refractivity (Wildman–Crippen MR) is 103 cm³/mol. The van der Waals surface area contributed by atoms with Crippen LogP contribution in [0.3, 0.4) is 0 Å². The monoisotopic (exact) mass is 339 g/mol. The Morgan fingerprint density at radius 2 is 1.92 bits per heavy atom. The van der Waals surface area contributed by atoms with E-state index in [-0.39, 0.29) is 0 Å². The molecule has 25 heavy (non-hydrogen) atoms. The molecule has 0 unspecified atom stereocenters. The average molecular weight is 339 g/mol. The summed E-state index contributed by atoms with van der Waals surface area (Å²) in [6.45, 7) is 3.65. The van der Waals surface area contributed by atoms with Gasteiger partial charge in [-0.15, -0.1) is 0 Å². The van der Waals surface area contributed by atoms with E-state index < -0.39 is 0 Å². The number of methoxy groups -OCH3 is 1. The highest BCUT2D eigenvalue weighted by Gasteiger charge is 2.13. The van der Waals surface area contributed by atoms with Gasteiger partial charge in [-0.05, 0) is 37.5 Å². The molecule has 1 aliphatic carbocycles. The maximum Gasteiger partial charge on any atom is 0.130 e. The number of nitrogens with zero attached hydrogens (tertiary/aromatic N) is 1. The molecule has 0 bridgehead atoms. The molecule has 0 amide bonds. The molecular formula is C21H29N3O. The van der Waals surface area contributed by atoms with Gasteiger partial charge in [0.05, 0.1) is 7.11 Å². The second kappa shape index (κ2) is 8.86. The predicted octanol–water partition coefficient (Wildman–Crippen LogP) is 4.43. The lowest BCUT2D eigenvalue weighted by Crippen LogP contribution is -2.30. The molecule has 1 aromatic heterocycles. The van der Waals surface area contributed by atoms with Crippen molar-refractivity contribution in [1.82, 2.24) is 10.3 Å². The maximum atomic E-state index is 5.50.